The van der Waals surface area contributed by atoms with Gasteiger partial charge in [-0.05, 0) is 25.1 Å². The molecule has 2 heteroatoms. The Hall–Kier alpha value is -1.57. The number of hydrogen-bond donors (Lipinski definition) is 1. The van der Waals surface area contributed by atoms with E-state index < -0.39 is 0 Å². The quantitative estimate of drug-likeness (QED) is 0.533. The number of nitrogens with one attached hydrogen (secondary N) is 1. The van der Waals surface area contributed by atoms with Gasteiger partial charge >= 0.3 is 0 Å². The van der Waals surface area contributed by atoms with Gasteiger partial charge in [0.2, 0.25) is 0 Å². The lowest BCUT2D eigenvalue weighted by Crippen LogP contribution is -1.86. The number of rotatable bonds is 3. The zero-order valence-electron chi connectivity index (χ0n) is 7.07. The molecule has 0 bridgehead atoms. The van der Waals surface area contributed by atoms with Crippen LogP contribution in [0.15, 0.2) is 47.6 Å². The molecule has 0 amide bonds. The van der Waals surface area contributed by atoms with E-state index in [0.29, 0.717) is 0 Å². The van der Waals surface area contributed by atoms with E-state index in [2.05, 4.69) is 10.5 Å². The van der Waals surface area contributed by atoms with E-state index in [1.807, 2.05) is 49.4 Å². The molecular formula is C10H12N2. The minimum absolute atomic E-state index is 0.998. The minimum atomic E-state index is 0.998. The summed E-state index contributed by atoms with van der Waals surface area (Å²) in [5.74, 6) is 0. The molecule has 0 aliphatic rings. The molecule has 0 saturated heterocycles. The molecule has 0 aliphatic carbocycles. The van der Waals surface area contributed by atoms with Crippen LogP contribution in [0.2, 0.25) is 0 Å². The van der Waals surface area contributed by atoms with Crippen molar-refractivity contribution >= 4 is 11.9 Å². The fourth-order valence-electron chi connectivity index (χ4n) is 0.754. The summed E-state index contributed by atoms with van der Waals surface area (Å²) in [6.07, 6.45) is 5.51. The van der Waals surface area contributed by atoms with E-state index in [-0.39, 0.29) is 0 Å². The van der Waals surface area contributed by atoms with Crippen molar-refractivity contribution in [3.8, 4) is 0 Å². The van der Waals surface area contributed by atoms with Crippen LogP contribution in [0.4, 0.5) is 5.69 Å². The molecule has 2 nitrogen and oxygen atoms in total. The first kappa shape index (κ1) is 8.53. The zero-order valence-corrected chi connectivity index (χ0v) is 7.07. The summed E-state index contributed by atoms with van der Waals surface area (Å²) in [6, 6.07) is 9.84. The molecule has 0 fully saturated rings. The summed E-state index contributed by atoms with van der Waals surface area (Å²) >= 11 is 0. The van der Waals surface area contributed by atoms with Crippen molar-refractivity contribution in [2.45, 2.75) is 6.92 Å². The largest absolute Gasteiger partial charge is 0.279 e. The Kier molecular flexibility index (Phi) is 3.64. The third kappa shape index (κ3) is 3.01. The Morgan fingerprint density at radius 1 is 1.25 bits per heavy atom. The first-order valence-electron chi connectivity index (χ1n) is 3.89. The van der Waals surface area contributed by atoms with Gasteiger partial charge < -0.3 is 0 Å². The molecule has 0 spiro atoms. The third-order valence-corrected chi connectivity index (χ3v) is 1.32. The number of benzene rings is 1. The molecule has 62 valence electrons. The van der Waals surface area contributed by atoms with Crippen LogP contribution in [0.1, 0.15) is 6.92 Å². The van der Waals surface area contributed by atoms with Gasteiger partial charge in [-0.25, -0.2) is 0 Å². The normalized spacial score (nSPS) is 11.1. The fraction of sp³-hybridized carbons (Fsp3) is 0.100. The lowest BCUT2D eigenvalue weighted by atomic mass is 10.3. The van der Waals surface area contributed by atoms with Crippen molar-refractivity contribution < 1.29 is 0 Å². The second-order valence-electron chi connectivity index (χ2n) is 2.28. The molecule has 0 heterocycles. The molecule has 0 atom stereocenters. The summed E-state index contributed by atoms with van der Waals surface area (Å²) in [6.45, 7) is 1.95. The number of para-hydroxylation sites is 1. The standard InChI is InChI=1S/C10H12N2/c1-2-3-9-11-12-10-7-5-4-6-8-10/h2-9,12H,1H3. The van der Waals surface area contributed by atoms with Crippen molar-refractivity contribution in [2.24, 2.45) is 5.10 Å². The molecule has 0 unspecified atom stereocenters. The Labute approximate surface area is 72.6 Å². The summed E-state index contributed by atoms with van der Waals surface area (Å²) in [4.78, 5) is 0. The maximum atomic E-state index is 3.97. The van der Waals surface area contributed by atoms with Gasteiger partial charge in [-0.2, -0.15) is 5.10 Å². The summed E-state index contributed by atoms with van der Waals surface area (Å²) < 4.78 is 0. The molecule has 1 N–H and O–H groups in total. The predicted molar refractivity (Wildman–Crippen MR) is 53.4 cm³/mol. The maximum absolute atomic E-state index is 3.97. The van der Waals surface area contributed by atoms with Crippen LogP contribution >= 0.6 is 0 Å². The highest BCUT2D eigenvalue weighted by Gasteiger charge is 1.81. The second kappa shape index (κ2) is 5.13. The van der Waals surface area contributed by atoms with Crippen LogP contribution in [-0.2, 0) is 0 Å². The van der Waals surface area contributed by atoms with Crippen LogP contribution in [0, 0.1) is 0 Å². The Bertz CT molecular complexity index is 262. The average Bonchev–Trinajstić information content (AvgIpc) is 2.14. The first-order chi connectivity index (χ1) is 5.93. The molecule has 0 saturated carbocycles. The molecule has 0 aliphatic heterocycles. The second-order valence-corrected chi connectivity index (χ2v) is 2.28. The molecule has 1 rings (SSSR count). The Balaban J connectivity index is 2.43. The van der Waals surface area contributed by atoms with E-state index in [0.717, 1.165) is 5.69 Å². The van der Waals surface area contributed by atoms with E-state index >= 15 is 0 Å². The monoisotopic (exact) mass is 160 g/mol. The van der Waals surface area contributed by atoms with Crippen molar-refractivity contribution in [1.29, 1.82) is 0 Å². The smallest absolute Gasteiger partial charge is 0.0561 e. The SMILES string of the molecule is CC=CC=NNc1ccccc1. The molecular weight excluding hydrogens is 148 g/mol. The Morgan fingerprint density at radius 3 is 2.67 bits per heavy atom. The predicted octanol–water partition coefficient (Wildman–Crippen LogP) is 2.66. The number of anilines is 1. The van der Waals surface area contributed by atoms with Gasteiger partial charge in [-0.1, -0.05) is 24.3 Å². The van der Waals surface area contributed by atoms with Crippen LogP contribution in [0.25, 0.3) is 0 Å². The van der Waals surface area contributed by atoms with Gasteiger partial charge in [0.1, 0.15) is 0 Å². The van der Waals surface area contributed by atoms with Gasteiger partial charge in [0.25, 0.3) is 0 Å². The van der Waals surface area contributed by atoms with E-state index in [9.17, 15) is 0 Å². The highest BCUT2D eigenvalue weighted by Crippen LogP contribution is 2.03. The van der Waals surface area contributed by atoms with Gasteiger partial charge in [0.15, 0.2) is 0 Å². The number of nitrogens with zero attached hydrogens (tertiary/aromatic N) is 1. The summed E-state index contributed by atoms with van der Waals surface area (Å²) in [5.41, 5.74) is 3.90. The lowest BCUT2D eigenvalue weighted by Gasteiger charge is -1.96. The van der Waals surface area contributed by atoms with Crippen LogP contribution in [-0.4, -0.2) is 6.21 Å². The third-order valence-electron chi connectivity index (χ3n) is 1.32. The molecule has 12 heavy (non-hydrogen) atoms. The van der Waals surface area contributed by atoms with Gasteiger partial charge in [0.05, 0.1) is 5.69 Å². The van der Waals surface area contributed by atoms with E-state index in [1.54, 1.807) is 6.21 Å². The van der Waals surface area contributed by atoms with E-state index in [1.165, 1.54) is 0 Å². The van der Waals surface area contributed by atoms with E-state index in [4.69, 9.17) is 0 Å². The first-order valence-corrected chi connectivity index (χ1v) is 3.89. The molecule has 0 aromatic heterocycles. The zero-order chi connectivity index (χ0) is 8.65. The average molecular weight is 160 g/mol. The number of allylic oxidation sites excluding steroid dienone is 2. The van der Waals surface area contributed by atoms with Gasteiger partial charge in [0, 0.05) is 6.21 Å². The Morgan fingerprint density at radius 2 is 2.00 bits per heavy atom. The van der Waals surface area contributed by atoms with Crippen LogP contribution in [0.3, 0.4) is 0 Å². The highest BCUT2D eigenvalue weighted by atomic mass is 15.3. The topological polar surface area (TPSA) is 24.4 Å². The van der Waals surface area contributed by atoms with Crippen LogP contribution < -0.4 is 5.43 Å². The summed E-state index contributed by atoms with van der Waals surface area (Å²) in [5, 5.41) is 3.97. The summed E-state index contributed by atoms with van der Waals surface area (Å²) in [7, 11) is 0. The van der Waals surface area contributed by atoms with Gasteiger partial charge in [-0.3, -0.25) is 5.43 Å². The number of hydrogen-bond acceptors (Lipinski definition) is 2. The van der Waals surface area contributed by atoms with Gasteiger partial charge in [-0.15, -0.1) is 0 Å². The molecule has 1 aromatic rings. The van der Waals surface area contributed by atoms with Crippen molar-refractivity contribution in [1.82, 2.24) is 0 Å². The molecule has 1 aromatic carbocycles. The minimum Gasteiger partial charge on any atom is -0.279 e. The maximum Gasteiger partial charge on any atom is 0.0561 e. The lowest BCUT2D eigenvalue weighted by molar-refractivity contribution is 1.35. The molecule has 0 radical (unpaired) electrons. The van der Waals surface area contributed by atoms with Crippen molar-refractivity contribution in [2.75, 3.05) is 5.43 Å². The van der Waals surface area contributed by atoms with Crippen LogP contribution in [0.5, 0.6) is 0 Å². The van der Waals surface area contributed by atoms with Crippen molar-refractivity contribution in [3.63, 3.8) is 0 Å². The number of hydrazone groups is 1. The highest BCUT2D eigenvalue weighted by molar-refractivity contribution is 5.71. The fourth-order valence-corrected chi connectivity index (χ4v) is 0.754. The van der Waals surface area contributed by atoms with Crippen molar-refractivity contribution in [3.05, 3.63) is 42.5 Å².